The number of nitrogens with zero attached hydrogens (tertiary/aromatic N) is 4. The van der Waals surface area contributed by atoms with E-state index < -0.39 is 5.82 Å². The minimum absolute atomic E-state index is 0.0676. The second-order valence-electron chi connectivity index (χ2n) is 6.61. The van der Waals surface area contributed by atoms with Crippen LogP contribution in [-0.2, 0) is 0 Å². The Hall–Kier alpha value is -3.48. The molecule has 1 aliphatic heterocycles. The van der Waals surface area contributed by atoms with Gasteiger partial charge < -0.3 is 14.9 Å². The normalized spacial score (nSPS) is 14.2. The van der Waals surface area contributed by atoms with Crippen molar-refractivity contribution in [2.45, 2.75) is 0 Å². The van der Waals surface area contributed by atoms with Crippen LogP contribution in [-0.4, -0.2) is 52.3 Å². The predicted molar refractivity (Wildman–Crippen MR) is 104 cm³/mol. The minimum Gasteiger partial charge on any atom is -0.508 e. The topological polar surface area (TPSA) is 69.6 Å². The van der Waals surface area contributed by atoms with Crippen molar-refractivity contribution in [3.63, 3.8) is 0 Å². The Morgan fingerprint density at radius 3 is 2.50 bits per heavy atom. The third kappa shape index (κ3) is 3.64. The van der Waals surface area contributed by atoms with Gasteiger partial charge in [0.15, 0.2) is 5.82 Å². The first-order chi connectivity index (χ1) is 13.6. The average Bonchev–Trinajstić information content (AvgIpc) is 2.74. The highest BCUT2D eigenvalue weighted by Gasteiger charge is 2.23. The van der Waals surface area contributed by atoms with Crippen molar-refractivity contribution in [1.29, 1.82) is 0 Å². The zero-order valence-corrected chi connectivity index (χ0v) is 15.1. The van der Waals surface area contributed by atoms with Gasteiger partial charge in [0, 0.05) is 43.5 Å². The number of hydrogen-bond donors (Lipinski definition) is 1. The monoisotopic (exact) mass is 378 g/mol. The van der Waals surface area contributed by atoms with Crippen molar-refractivity contribution in [3.8, 4) is 16.9 Å². The summed E-state index contributed by atoms with van der Waals surface area (Å²) in [5, 5.41) is 17.6. The highest BCUT2D eigenvalue weighted by molar-refractivity contribution is 5.95. The first-order valence-electron chi connectivity index (χ1n) is 9.03. The number of phenolic OH excluding ortho intramolecular Hbond substituents is 1. The van der Waals surface area contributed by atoms with Crippen LogP contribution in [0.3, 0.4) is 0 Å². The lowest BCUT2D eigenvalue weighted by Gasteiger charge is -2.35. The molecule has 0 saturated carbocycles. The highest BCUT2D eigenvalue weighted by Crippen LogP contribution is 2.27. The van der Waals surface area contributed by atoms with Gasteiger partial charge in [-0.25, -0.2) is 4.39 Å². The van der Waals surface area contributed by atoms with Crippen LogP contribution in [0.2, 0.25) is 0 Å². The zero-order valence-electron chi connectivity index (χ0n) is 15.1. The molecule has 0 bridgehead atoms. The molecule has 1 amide bonds. The van der Waals surface area contributed by atoms with Crippen LogP contribution in [0.4, 0.5) is 10.2 Å². The molecule has 0 unspecified atom stereocenters. The van der Waals surface area contributed by atoms with Crippen molar-refractivity contribution >= 4 is 11.7 Å². The molecule has 1 N–H and O–H groups in total. The van der Waals surface area contributed by atoms with Gasteiger partial charge in [0.2, 0.25) is 0 Å². The molecule has 2 aromatic carbocycles. The maximum absolute atomic E-state index is 14.6. The quantitative estimate of drug-likeness (QED) is 0.759. The van der Waals surface area contributed by atoms with Crippen molar-refractivity contribution in [3.05, 3.63) is 72.2 Å². The fourth-order valence-electron chi connectivity index (χ4n) is 3.34. The van der Waals surface area contributed by atoms with Gasteiger partial charge in [-0.2, -0.15) is 5.10 Å². The summed E-state index contributed by atoms with van der Waals surface area (Å²) in [5.41, 5.74) is 1.23. The fraction of sp³-hybridized carbons (Fsp3) is 0.190. The van der Waals surface area contributed by atoms with Crippen LogP contribution in [0.5, 0.6) is 5.75 Å². The Labute approximate surface area is 161 Å². The second-order valence-corrected chi connectivity index (χ2v) is 6.61. The maximum atomic E-state index is 14.6. The number of rotatable bonds is 3. The Balaban J connectivity index is 1.46. The molecular weight excluding hydrogens is 359 g/mol. The van der Waals surface area contributed by atoms with Crippen LogP contribution in [0.25, 0.3) is 11.1 Å². The molecule has 1 aromatic heterocycles. The van der Waals surface area contributed by atoms with Gasteiger partial charge in [0.05, 0.1) is 0 Å². The van der Waals surface area contributed by atoms with E-state index in [1.165, 1.54) is 18.2 Å². The van der Waals surface area contributed by atoms with Crippen LogP contribution < -0.4 is 4.90 Å². The lowest BCUT2D eigenvalue weighted by molar-refractivity contribution is 0.0746. The zero-order chi connectivity index (χ0) is 19.5. The van der Waals surface area contributed by atoms with E-state index in [4.69, 9.17) is 0 Å². The SMILES string of the molecule is O=C(c1ccc(-c2cccc(O)c2)c(F)c1)N1CCN(c2cccnn2)CC1. The van der Waals surface area contributed by atoms with Crippen molar-refractivity contribution in [2.75, 3.05) is 31.1 Å². The molecule has 3 aromatic rings. The van der Waals surface area contributed by atoms with E-state index >= 15 is 0 Å². The van der Waals surface area contributed by atoms with E-state index in [1.54, 1.807) is 35.4 Å². The summed E-state index contributed by atoms with van der Waals surface area (Å²) >= 11 is 0. The molecule has 28 heavy (non-hydrogen) atoms. The molecular formula is C21H19FN4O2. The number of aromatic hydroxyl groups is 1. The Morgan fingerprint density at radius 1 is 1.00 bits per heavy atom. The van der Waals surface area contributed by atoms with Gasteiger partial charge in [-0.15, -0.1) is 5.10 Å². The number of halogens is 1. The largest absolute Gasteiger partial charge is 0.508 e. The van der Waals surface area contributed by atoms with Gasteiger partial charge in [0.1, 0.15) is 11.6 Å². The average molecular weight is 378 g/mol. The molecule has 0 atom stereocenters. The number of piperazine rings is 1. The summed E-state index contributed by atoms with van der Waals surface area (Å²) in [4.78, 5) is 16.6. The van der Waals surface area contributed by atoms with E-state index in [2.05, 4.69) is 15.1 Å². The maximum Gasteiger partial charge on any atom is 0.254 e. The highest BCUT2D eigenvalue weighted by atomic mass is 19.1. The van der Waals surface area contributed by atoms with Gasteiger partial charge in [-0.3, -0.25) is 4.79 Å². The molecule has 0 spiro atoms. The Morgan fingerprint density at radius 2 is 1.82 bits per heavy atom. The summed E-state index contributed by atoms with van der Waals surface area (Å²) in [6.45, 7) is 2.36. The molecule has 1 aliphatic rings. The van der Waals surface area contributed by atoms with Crippen LogP contribution in [0, 0.1) is 5.82 Å². The molecule has 142 valence electrons. The number of anilines is 1. The fourth-order valence-corrected chi connectivity index (χ4v) is 3.34. The Bertz CT molecular complexity index is 989. The molecule has 0 aliphatic carbocycles. The van der Waals surface area contributed by atoms with Crippen molar-refractivity contribution < 1.29 is 14.3 Å². The molecule has 6 nitrogen and oxygen atoms in total. The molecule has 7 heteroatoms. The number of phenols is 1. The number of aromatic nitrogens is 2. The first kappa shape index (κ1) is 17.9. The van der Waals surface area contributed by atoms with E-state index in [0.717, 1.165) is 5.82 Å². The second kappa shape index (κ2) is 7.64. The van der Waals surface area contributed by atoms with E-state index in [9.17, 15) is 14.3 Å². The van der Waals surface area contributed by atoms with E-state index in [1.807, 2.05) is 12.1 Å². The number of benzene rings is 2. The minimum atomic E-state index is -0.491. The van der Waals surface area contributed by atoms with E-state index in [0.29, 0.717) is 42.9 Å². The number of amides is 1. The van der Waals surface area contributed by atoms with E-state index in [-0.39, 0.29) is 11.7 Å². The molecule has 0 radical (unpaired) electrons. The standard InChI is InChI=1S/C21H19FN4O2/c22-19-14-16(6-7-18(19)15-3-1-4-17(27)13-15)21(28)26-11-9-25(10-12-26)20-5-2-8-23-24-20/h1-8,13-14,27H,9-12H2. The summed E-state index contributed by atoms with van der Waals surface area (Å²) < 4.78 is 14.6. The third-order valence-electron chi connectivity index (χ3n) is 4.82. The predicted octanol–water partition coefficient (Wildman–Crippen LogP) is 2.95. The van der Waals surface area contributed by atoms with Gasteiger partial charge in [0.25, 0.3) is 5.91 Å². The number of carbonyl (C=O) groups is 1. The molecule has 4 rings (SSSR count). The molecule has 1 saturated heterocycles. The first-order valence-corrected chi connectivity index (χ1v) is 9.03. The smallest absolute Gasteiger partial charge is 0.254 e. The van der Waals surface area contributed by atoms with Crippen LogP contribution in [0.1, 0.15) is 10.4 Å². The van der Waals surface area contributed by atoms with Gasteiger partial charge in [-0.05, 0) is 42.0 Å². The molecule has 2 heterocycles. The number of carbonyl (C=O) groups excluding carboxylic acids is 1. The third-order valence-corrected chi connectivity index (χ3v) is 4.82. The van der Waals surface area contributed by atoms with Gasteiger partial charge in [-0.1, -0.05) is 18.2 Å². The van der Waals surface area contributed by atoms with Crippen LogP contribution >= 0.6 is 0 Å². The number of hydrogen-bond acceptors (Lipinski definition) is 5. The Kier molecular flexibility index (Phi) is 4.89. The van der Waals surface area contributed by atoms with Crippen molar-refractivity contribution in [1.82, 2.24) is 15.1 Å². The lowest BCUT2D eigenvalue weighted by atomic mass is 10.0. The summed E-state index contributed by atoms with van der Waals surface area (Å²) in [5.74, 6) is 0.170. The lowest BCUT2D eigenvalue weighted by Crippen LogP contribution is -2.49. The summed E-state index contributed by atoms with van der Waals surface area (Å²) in [7, 11) is 0. The summed E-state index contributed by atoms with van der Waals surface area (Å²) in [6, 6.07) is 14.6. The van der Waals surface area contributed by atoms with Crippen LogP contribution in [0.15, 0.2) is 60.8 Å². The van der Waals surface area contributed by atoms with Gasteiger partial charge >= 0.3 is 0 Å². The van der Waals surface area contributed by atoms with Crippen molar-refractivity contribution in [2.24, 2.45) is 0 Å². The summed E-state index contributed by atoms with van der Waals surface area (Å²) in [6.07, 6.45) is 1.62. The molecule has 1 fully saturated rings.